The second-order valence-electron chi connectivity index (χ2n) is 5.98. The number of aromatic nitrogens is 3. The van der Waals surface area contributed by atoms with Crippen LogP contribution in [0.15, 0.2) is 66.3 Å². The van der Waals surface area contributed by atoms with E-state index in [4.69, 9.17) is 21.1 Å². The Morgan fingerprint density at radius 1 is 1.14 bits per heavy atom. The Kier molecular flexibility index (Phi) is 7.32. The van der Waals surface area contributed by atoms with E-state index >= 15 is 0 Å². The van der Waals surface area contributed by atoms with E-state index in [1.54, 1.807) is 61.7 Å². The summed E-state index contributed by atoms with van der Waals surface area (Å²) in [6.45, 7) is 4.55. The van der Waals surface area contributed by atoms with Gasteiger partial charge in [-0.05, 0) is 48.5 Å². The Labute approximate surface area is 178 Å². The molecule has 0 saturated heterocycles. The number of allylic oxidation sites excluding steroid dienone is 1. The maximum atomic E-state index is 12.5. The highest BCUT2D eigenvalue weighted by molar-refractivity contribution is 7.99. The maximum Gasteiger partial charge on any atom is 0.192 e. The van der Waals surface area contributed by atoms with Gasteiger partial charge in [-0.2, -0.15) is 0 Å². The fraction of sp³-hybridized carbons (Fsp3) is 0.190. The van der Waals surface area contributed by atoms with Crippen LogP contribution in [-0.4, -0.2) is 33.4 Å². The molecule has 0 spiro atoms. The van der Waals surface area contributed by atoms with Crippen molar-refractivity contribution in [2.45, 2.75) is 18.3 Å². The molecule has 0 fully saturated rings. The van der Waals surface area contributed by atoms with Gasteiger partial charge in [0, 0.05) is 17.1 Å². The fourth-order valence-corrected chi connectivity index (χ4v) is 3.50. The number of rotatable bonds is 10. The van der Waals surface area contributed by atoms with E-state index in [-0.39, 0.29) is 18.1 Å². The van der Waals surface area contributed by atoms with Gasteiger partial charge in [0.15, 0.2) is 16.8 Å². The van der Waals surface area contributed by atoms with Crippen molar-refractivity contribution < 1.29 is 14.3 Å². The molecule has 2 aromatic carbocycles. The average Bonchev–Trinajstić information content (AvgIpc) is 3.13. The molecule has 0 N–H and O–H groups in total. The minimum atomic E-state index is 0.00442. The summed E-state index contributed by atoms with van der Waals surface area (Å²) >= 11 is 7.22. The molecule has 0 atom stereocenters. The van der Waals surface area contributed by atoms with Gasteiger partial charge in [0.05, 0.1) is 12.9 Å². The largest absolute Gasteiger partial charge is 0.497 e. The number of ether oxygens (including phenoxy) is 2. The Balaban J connectivity index is 1.64. The fourth-order valence-electron chi connectivity index (χ4n) is 2.51. The molecule has 0 unspecified atom stereocenters. The van der Waals surface area contributed by atoms with Crippen molar-refractivity contribution in [1.29, 1.82) is 0 Å². The summed E-state index contributed by atoms with van der Waals surface area (Å²) in [5.74, 6) is 2.31. The minimum absolute atomic E-state index is 0.00442. The molecule has 0 radical (unpaired) electrons. The van der Waals surface area contributed by atoms with Crippen LogP contribution in [0.3, 0.4) is 0 Å². The first kappa shape index (κ1) is 21.0. The molecule has 3 aromatic rings. The quantitative estimate of drug-likeness (QED) is 0.265. The number of Topliss-reactive ketones (excluding diaryl/α,β-unsaturated/α-hetero) is 1. The highest BCUT2D eigenvalue weighted by Crippen LogP contribution is 2.21. The summed E-state index contributed by atoms with van der Waals surface area (Å²) in [7, 11) is 1.59. The van der Waals surface area contributed by atoms with Crippen molar-refractivity contribution in [1.82, 2.24) is 14.8 Å². The first-order chi connectivity index (χ1) is 14.1. The number of halogens is 1. The van der Waals surface area contributed by atoms with Crippen LogP contribution < -0.4 is 9.47 Å². The van der Waals surface area contributed by atoms with Gasteiger partial charge in [-0.3, -0.25) is 9.36 Å². The SMILES string of the molecule is C=CCn1c(COc2ccc(Cl)cc2)nnc1SCC(=O)c1ccc(OC)cc1. The van der Waals surface area contributed by atoms with E-state index in [0.717, 1.165) is 0 Å². The molecule has 6 nitrogen and oxygen atoms in total. The molecule has 3 rings (SSSR count). The van der Waals surface area contributed by atoms with Gasteiger partial charge in [-0.25, -0.2) is 0 Å². The molecule has 8 heteroatoms. The van der Waals surface area contributed by atoms with E-state index in [0.29, 0.717) is 39.6 Å². The van der Waals surface area contributed by atoms with E-state index in [9.17, 15) is 4.79 Å². The summed E-state index contributed by atoms with van der Waals surface area (Å²) in [5.41, 5.74) is 0.624. The number of ketones is 1. The second kappa shape index (κ2) is 10.1. The third kappa shape index (κ3) is 5.62. The number of thioether (sulfide) groups is 1. The number of carbonyl (C=O) groups is 1. The van der Waals surface area contributed by atoms with Crippen LogP contribution in [0, 0.1) is 0 Å². The Morgan fingerprint density at radius 3 is 2.48 bits per heavy atom. The zero-order valence-electron chi connectivity index (χ0n) is 15.9. The standard InChI is InChI=1S/C21H20ClN3O3S/c1-3-12-25-20(13-28-18-10-6-16(22)7-11-18)23-24-21(25)29-14-19(26)15-4-8-17(27-2)9-5-15/h3-11H,1,12-14H2,2H3. The van der Waals surface area contributed by atoms with Crippen LogP contribution in [0.5, 0.6) is 11.5 Å². The van der Waals surface area contributed by atoms with Gasteiger partial charge < -0.3 is 9.47 Å². The maximum absolute atomic E-state index is 12.5. The molecule has 0 aliphatic carbocycles. The van der Waals surface area contributed by atoms with Crippen molar-refractivity contribution in [2.24, 2.45) is 0 Å². The highest BCUT2D eigenvalue weighted by atomic mass is 35.5. The zero-order chi connectivity index (χ0) is 20.6. The lowest BCUT2D eigenvalue weighted by Crippen LogP contribution is -2.09. The van der Waals surface area contributed by atoms with Gasteiger partial charge in [0.1, 0.15) is 18.1 Å². The topological polar surface area (TPSA) is 66.2 Å². The van der Waals surface area contributed by atoms with Gasteiger partial charge in [0.2, 0.25) is 0 Å². The predicted molar refractivity (Wildman–Crippen MR) is 114 cm³/mol. The van der Waals surface area contributed by atoms with E-state index < -0.39 is 0 Å². The highest BCUT2D eigenvalue weighted by Gasteiger charge is 2.15. The lowest BCUT2D eigenvalue weighted by Gasteiger charge is -2.09. The molecule has 0 bridgehead atoms. The van der Waals surface area contributed by atoms with Crippen molar-refractivity contribution in [3.8, 4) is 11.5 Å². The molecule has 0 aliphatic heterocycles. The van der Waals surface area contributed by atoms with Gasteiger partial charge in [-0.1, -0.05) is 29.4 Å². The van der Waals surface area contributed by atoms with Crippen molar-refractivity contribution in [3.63, 3.8) is 0 Å². The second-order valence-corrected chi connectivity index (χ2v) is 7.36. The molecule has 29 heavy (non-hydrogen) atoms. The number of benzene rings is 2. The van der Waals surface area contributed by atoms with E-state index in [1.807, 2.05) is 4.57 Å². The van der Waals surface area contributed by atoms with Gasteiger partial charge in [0.25, 0.3) is 0 Å². The molecule has 1 heterocycles. The Bertz CT molecular complexity index is 972. The summed E-state index contributed by atoms with van der Waals surface area (Å²) in [5, 5.41) is 9.70. The molecular formula is C21H20ClN3O3S. The summed E-state index contributed by atoms with van der Waals surface area (Å²) in [4.78, 5) is 12.5. The van der Waals surface area contributed by atoms with Crippen LogP contribution >= 0.6 is 23.4 Å². The van der Waals surface area contributed by atoms with Crippen LogP contribution in [0.2, 0.25) is 5.02 Å². The van der Waals surface area contributed by atoms with Gasteiger partial charge in [-0.15, -0.1) is 16.8 Å². The van der Waals surface area contributed by atoms with Crippen LogP contribution in [0.1, 0.15) is 16.2 Å². The number of methoxy groups -OCH3 is 1. The molecule has 150 valence electrons. The van der Waals surface area contributed by atoms with Crippen molar-refractivity contribution in [2.75, 3.05) is 12.9 Å². The smallest absolute Gasteiger partial charge is 0.192 e. The number of hydrogen-bond donors (Lipinski definition) is 0. The Morgan fingerprint density at radius 2 is 1.83 bits per heavy atom. The lowest BCUT2D eigenvalue weighted by atomic mass is 10.1. The van der Waals surface area contributed by atoms with Crippen molar-refractivity contribution in [3.05, 3.63) is 77.6 Å². The van der Waals surface area contributed by atoms with Crippen LogP contribution in [0.25, 0.3) is 0 Å². The first-order valence-electron chi connectivity index (χ1n) is 8.82. The van der Waals surface area contributed by atoms with E-state index in [2.05, 4.69) is 16.8 Å². The average molecular weight is 430 g/mol. The number of hydrogen-bond acceptors (Lipinski definition) is 6. The van der Waals surface area contributed by atoms with Gasteiger partial charge >= 0.3 is 0 Å². The molecule has 0 saturated carbocycles. The summed E-state index contributed by atoms with van der Waals surface area (Å²) in [6.07, 6.45) is 1.75. The van der Waals surface area contributed by atoms with Crippen molar-refractivity contribution >= 4 is 29.1 Å². The normalized spacial score (nSPS) is 10.6. The third-order valence-electron chi connectivity index (χ3n) is 4.03. The molecule has 0 amide bonds. The monoisotopic (exact) mass is 429 g/mol. The third-order valence-corrected chi connectivity index (χ3v) is 5.25. The van der Waals surface area contributed by atoms with E-state index in [1.165, 1.54) is 11.8 Å². The molecule has 0 aliphatic rings. The predicted octanol–water partition coefficient (Wildman–Crippen LogP) is 4.68. The number of carbonyl (C=O) groups excluding carboxylic acids is 1. The first-order valence-corrected chi connectivity index (χ1v) is 10.2. The lowest BCUT2D eigenvalue weighted by molar-refractivity contribution is 0.102. The molecular weight excluding hydrogens is 410 g/mol. The Hall–Kier alpha value is -2.77. The summed E-state index contributed by atoms with van der Waals surface area (Å²) < 4.78 is 12.8. The van der Waals surface area contributed by atoms with Crippen LogP contribution in [0.4, 0.5) is 0 Å². The minimum Gasteiger partial charge on any atom is -0.497 e. The number of nitrogens with zero attached hydrogens (tertiary/aromatic N) is 3. The zero-order valence-corrected chi connectivity index (χ0v) is 17.4. The van der Waals surface area contributed by atoms with Crippen LogP contribution in [-0.2, 0) is 13.2 Å². The molecule has 1 aromatic heterocycles. The summed E-state index contributed by atoms with van der Waals surface area (Å²) in [6, 6.07) is 14.1.